The van der Waals surface area contributed by atoms with Gasteiger partial charge in [-0.2, -0.15) is 0 Å². The minimum Gasteiger partial charge on any atom is -0.489 e. The van der Waals surface area contributed by atoms with Gasteiger partial charge in [0.25, 0.3) is 0 Å². The van der Waals surface area contributed by atoms with Crippen molar-refractivity contribution >= 4 is 5.97 Å². The number of halogens is 1. The normalized spacial score (nSPS) is 28.7. The van der Waals surface area contributed by atoms with Gasteiger partial charge in [-0.25, -0.2) is 9.18 Å². The van der Waals surface area contributed by atoms with Gasteiger partial charge in [-0.05, 0) is 18.2 Å². The van der Waals surface area contributed by atoms with Crippen LogP contribution in [0.15, 0.2) is 18.2 Å². The first-order chi connectivity index (χ1) is 10.1. The summed E-state index contributed by atoms with van der Waals surface area (Å²) in [7, 11) is 0. The van der Waals surface area contributed by atoms with Gasteiger partial charge in [0.2, 0.25) is 0 Å². The lowest BCUT2D eigenvalue weighted by atomic mass is 9.91. The van der Waals surface area contributed by atoms with Crippen LogP contribution in [-0.2, 0) is 9.47 Å². The highest BCUT2D eigenvalue weighted by atomic mass is 19.1. The quantitative estimate of drug-likeness (QED) is 0.926. The first-order valence-electron chi connectivity index (χ1n) is 6.99. The number of carboxylic acids is 1. The second-order valence-corrected chi connectivity index (χ2v) is 5.51. The number of hydrogen-bond donors (Lipinski definition) is 1. The van der Waals surface area contributed by atoms with Gasteiger partial charge >= 0.3 is 5.97 Å². The maximum Gasteiger partial charge on any atom is 0.339 e. The summed E-state index contributed by atoms with van der Waals surface area (Å²) in [6.07, 6.45) is 2.01. The van der Waals surface area contributed by atoms with E-state index in [0.29, 0.717) is 32.7 Å². The molecule has 0 radical (unpaired) electrons. The van der Waals surface area contributed by atoms with Gasteiger partial charge in [0.1, 0.15) is 23.2 Å². The highest BCUT2D eigenvalue weighted by Crippen LogP contribution is 2.35. The fourth-order valence-electron chi connectivity index (χ4n) is 2.90. The molecule has 0 bridgehead atoms. The molecule has 1 N–H and O–H groups in total. The van der Waals surface area contributed by atoms with Gasteiger partial charge in [0.05, 0.1) is 18.8 Å². The molecule has 2 aliphatic heterocycles. The van der Waals surface area contributed by atoms with E-state index >= 15 is 0 Å². The number of benzene rings is 1. The van der Waals surface area contributed by atoms with Crippen LogP contribution in [0, 0.1) is 5.82 Å². The van der Waals surface area contributed by atoms with Crippen molar-refractivity contribution in [3.8, 4) is 5.75 Å². The molecule has 2 atom stereocenters. The summed E-state index contributed by atoms with van der Waals surface area (Å²) in [5.74, 6) is -1.59. The summed E-state index contributed by atoms with van der Waals surface area (Å²) in [6, 6.07) is 3.55. The van der Waals surface area contributed by atoms with E-state index in [4.69, 9.17) is 19.3 Å². The molecule has 2 saturated heterocycles. The molecular formula is C15H17FO5. The fraction of sp³-hybridized carbons (Fsp3) is 0.533. The first kappa shape index (κ1) is 14.3. The molecule has 0 aromatic heterocycles. The van der Waals surface area contributed by atoms with Crippen molar-refractivity contribution in [2.45, 2.75) is 31.0 Å². The molecule has 114 valence electrons. The zero-order chi connectivity index (χ0) is 14.9. The molecule has 21 heavy (non-hydrogen) atoms. The van der Waals surface area contributed by atoms with Crippen molar-refractivity contribution < 1.29 is 28.5 Å². The molecule has 2 heterocycles. The smallest absolute Gasteiger partial charge is 0.339 e. The Kier molecular flexibility index (Phi) is 3.82. The van der Waals surface area contributed by atoms with Crippen LogP contribution >= 0.6 is 0 Å². The molecule has 3 rings (SSSR count). The molecule has 2 fully saturated rings. The van der Waals surface area contributed by atoms with Gasteiger partial charge in [0.15, 0.2) is 0 Å². The predicted molar refractivity (Wildman–Crippen MR) is 71.1 cm³/mol. The Bertz CT molecular complexity index is 539. The summed E-state index contributed by atoms with van der Waals surface area (Å²) >= 11 is 0. The monoisotopic (exact) mass is 296 g/mol. The Labute approximate surface area is 121 Å². The van der Waals surface area contributed by atoms with Crippen LogP contribution in [0.1, 0.15) is 29.6 Å². The van der Waals surface area contributed by atoms with Gasteiger partial charge in [0, 0.05) is 25.9 Å². The number of aromatic carboxylic acids is 1. The Morgan fingerprint density at radius 3 is 3.00 bits per heavy atom. The molecule has 1 spiro atoms. The lowest BCUT2D eigenvalue weighted by Crippen LogP contribution is -2.44. The van der Waals surface area contributed by atoms with Crippen molar-refractivity contribution in [1.82, 2.24) is 0 Å². The summed E-state index contributed by atoms with van der Waals surface area (Å²) < 4.78 is 30.2. The molecule has 0 amide bonds. The van der Waals surface area contributed by atoms with Crippen LogP contribution in [-0.4, -0.2) is 42.6 Å². The van der Waals surface area contributed by atoms with E-state index in [1.807, 2.05) is 0 Å². The van der Waals surface area contributed by atoms with Crippen molar-refractivity contribution in [3.63, 3.8) is 0 Å². The number of ether oxygens (including phenoxy) is 3. The maximum atomic E-state index is 13.2. The number of hydrogen-bond acceptors (Lipinski definition) is 4. The van der Waals surface area contributed by atoms with E-state index < -0.39 is 11.8 Å². The predicted octanol–water partition coefficient (Wildman–Crippen LogP) is 2.24. The van der Waals surface area contributed by atoms with Crippen LogP contribution in [0.2, 0.25) is 0 Å². The van der Waals surface area contributed by atoms with Gasteiger partial charge in [-0.1, -0.05) is 0 Å². The second kappa shape index (κ2) is 5.61. The van der Waals surface area contributed by atoms with E-state index in [1.54, 1.807) is 0 Å². The number of carbonyl (C=O) groups is 1. The van der Waals surface area contributed by atoms with Gasteiger partial charge < -0.3 is 19.3 Å². The molecular weight excluding hydrogens is 279 g/mol. The minimum atomic E-state index is -1.20. The van der Waals surface area contributed by atoms with Gasteiger partial charge in [-0.15, -0.1) is 0 Å². The van der Waals surface area contributed by atoms with E-state index in [-0.39, 0.29) is 23.0 Å². The number of rotatable bonds is 3. The minimum absolute atomic E-state index is 0.149. The molecule has 0 aliphatic carbocycles. The van der Waals surface area contributed by atoms with Crippen LogP contribution in [0.3, 0.4) is 0 Å². The van der Waals surface area contributed by atoms with Crippen molar-refractivity contribution in [2.24, 2.45) is 0 Å². The summed E-state index contributed by atoms with van der Waals surface area (Å²) in [5.41, 5.74) is -0.468. The van der Waals surface area contributed by atoms with E-state index in [9.17, 15) is 9.18 Å². The zero-order valence-electron chi connectivity index (χ0n) is 11.5. The topological polar surface area (TPSA) is 65.0 Å². The summed E-state index contributed by atoms with van der Waals surface area (Å²) in [4.78, 5) is 11.2. The SMILES string of the molecule is O=C(O)c1cc(F)ccc1OC1CCOC2(CCOC2)C1. The highest BCUT2D eigenvalue weighted by Gasteiger charge is 2.42. The Morgan fingerprint density at radius 1 is 1.43 bits per heavy atom. The average molecular weight is 296 g/mol. The fourth-order valence-corrected chi connectivity index (χ4v) is 2.90. The molecule has 6 heteroatoms. The van der Waals surface area contributed by atoms with Gasteiger partial charge in [-0.3, -0.25) is 0 Å². The molecule has 1 aromatic carbocycles. The molecule has 2 aliphatic rings. The van der Waals surface area contributed by atoms with Crippen LogP contribution in [0.4, 0.5) is 4.39 Å². The third-order valence-corrected chi connectivity index (χ3v) is 3.98. The van der Waals surface area contributed by atoms with E-state index in [1.165, 1.54) is 12.1 Å². The first-order valence-corrected chi connectivity index (χ1v) is 6.99. The zero-order valence-corrected chi connectivity index (χ0v) is 11.5. The molecule has 2 unspecified atom stereocenters. The van der Waals surface area contributed by atoms with Crippen LogP contribution in [0.5, 0.6) is 5.75 Å². The molecule has 5 nitrogen and oxygen atoms in total. The highest BCUT2D eigenvalue weighted by molar-refractivity contribution is 5.90. The van der Waals surface area contributed by atoms with Crippen molar-refractivity contribution in [2.75, 3.05) is 19.8 Å². The lowest BCUT2D eigenvalue weighted by molar-refractivity contribution is -0.112. The number of carboxylic acid groups (broad SMARTS) is 1. The summed E-state index contributed by atoms with van der Waals surface area (Å²) in [6.45, 7) is 1.77. The molecule has 1 aromatic rings. The van der Waals surface area contributed by atoms with E-state index in [0.717, 1.165) is 12.5 Å². The van der Waals surface area contributed by atoms with Crippen molar-refractivity contribution in [1.29, 1.82) is 0 Å². The Hall–Kier alpha value is -1.66. The van der Waals surface area contributed by atoms with Crippen LogP contribution < -0.4 is 4.74 Å². The third-order valence-electron chi connectivity index (χ3n) is 3.98. The third kappa shape index (κ3) is 3.01. The largest absolute Gasteiger partial charge is 0.489 e. The average Bonchev–Trinajstić information content (AvgIpc) is 2.88. The Morgan fingerprint density at radius 2 is 2.29 bits per heavy atom. The summed E-state index contributed by atoms with van der Waals surface area (Å²) in [5, 5.41) is 9.13. The standard InChI is InChI=1S/C15H17FO5/c16-10-1-2-13(12(7-10)14(17)18)21-11-3-5-20-15(8-11)4-6-19-9-15/h1-2,7,11H,3-6,8-9H2,(H,17,18). The van der Waals surface area contributed by atoms with E-state index in [2.05, 4.69) is 0 Å². The lowest BCUT2D eigenvalue weighted by Gasteiger charge is -2.37. The maximum absolute atomic E-state index is 13.2. The van der Waals surface area contributed by atoms with Crippen LogP contribution in [0.25, 0.3) is 0 Å². The van der Waals surface area contributed by atoms with Crippen molar-refractivity contribution in [3.05, 3.63) is 29.6 Å². The molecule has 0 saturated carbocycles. The second-order valence-electron chi connectivity index (χ2n) is 5.51. The Balaban J connectivity index is 1.75.